The van der Waals surface area contributed by atoms with E-state index in [1.165, 1.54) is 0 Å². The Kier molecular flexibility index (Phi) is 4.72. The van der Waals surface area contributed by atoms with Crippen molar-refractivity contribution in [3.05, 3.63) is 41.0 Å². The second-order valence-corrected chi connectivity index (χ2v) is 3.90. The molecule has 0 fully saturated rings. The largest absolute Gasteiger partial charge is 0.481 e. The maximum absolute atomic E-state index is 10.6. The number of oxime groups is 1. The van der Waals surface area contributed by atoms with Gasteiger partial charge in [-0.25, -0.2) is 0 Å². The van der Waals surface area contributed by atoms with Gasteiger partial charge in [0.25, 0.3) is 0 Å². The molecule has 1 rings (SSSR count). The molecule has 1 aromatic rings. The summed E-state index contributed by atoms with van der Waals surface area (Å²) < 4.78 is 0. The molecule has 0 unspecified atom stereocenters. The third-order valence-electron chi connectivity index (χ3n) is 2.14. The Morgan fingerprint density at radius 1 is 1.41 bits per heavy atom. The topological polar surface area (TPSA) is 69.9 Å². The number of carboxylic acid groups (broad SMARTS) is 1. The summed E-state index contributed by atoms with van der Waals surface area (Å²) in [5, 5.41) is 20.3. The number of benzene rings is 1. The van der Waals surface area contributed by atoms with E-state index >= 15 is 0 Å². The molecule has 0 saturated carbocycles. The molecule has 0 spiro atoms. The van der Waals surface area contributed by atoms with Crippen LogP contribution in [0.2, 0.25) is 0 Å². The summed E-state index contributed by atoms with van der Waals surface area (Å²) in [4.78, 5) is 10.6. The van der Waals surface area contributed by atoms with Gasteiger partial charge in [0.05, 0.1) is 17.7 Å². The zero-order valence-electron chi connectivity index (χ0n) is 9.22. The molecule has 0 heterocycles. The van der Waals surface area contributed by atoms with E-state index in [2.05, 4.69) is 5.16 Å². The Labute approximate surface area is 104 Å². The molecule has 90 valence electrons. The first-order valence-corrected chi connectivity index (χ1v) is 5.27. The number of aryl methyl sites for hydroxylation is 1. The first-order valence-electron chi connectivity index (χ1n) is 4.89. The van der Waals surface area contributed by atoms with Crippen molar-refractivity contribution < 1.29 is 15.1 Å². The molecule has 2 N–H and O–H groups in total. The Hall–Kier alpha value is -1.81. The number of nitrogens with zero attached hydrogens (tertiary/aromatic N) is 1. The number of aliphatic carboxylic acids is 1. The van der Waals surface area contributed by atoms with Crippen molar-refractivity contribution in [1.82, 2.24) is 0 Å². The fourth-order valence-electron chi connectivity index (χ4n) is 1.30. The van der Waals surface area contributed by atoms with Gasteiger partial charge in [0.15, 0.2) is 0 Å². The quantitative estimate of drug-likeness (QED) is 0.492. The molecule has 0 aliphatic carbocycles. The van der Waals surface area contributed by atoms with Crippen LogP contribution in [0.25, 0.3) is 5.03 Å². The smallest absolute Gasteiger partial charge is 0.307 e. The van der Waals surface area contributed by atoms with Crippen LogP contribution in [0.3, 0.4) is 0 Å². The van der Waals surface area contributed by atoms with Gasteiger partial charge in [-0.1, -0.05) is 46.6 Å². The zero-order chi connectivity index (χ0) is 12.8. The predicted molar refractivity (Wildman–Crippen MR) is 66.5 cm³/mol. The number of hydrogen-bond donors (Lipinski definition) is 2. The van der Waals surface area contributed by atoms with E-state index < -0.39 is 5.97 Å². The molecular weight excluding hydrogens is 242 g/mol. The van der Waals surface area contributed by atoms with Crippen LogP contribution in [0.1, 0.15) is 17.5 Å². The van der Waals surface area contributed by atoms with Gasteiger partial charge in [0, 0.05) is 5.57 Å². The number of rotatable bonds is 4. The number of carboxylic acids is 1. The lowest BCUT2D eigenvalue weighted by molar-refractivity contribution is -0.136. The Bertz CT molecular complexity index is 463. The highest BCUT2D eigenvalue weighted by Gasteiger charge is 2.09. The predicted octanol–water partition coefficient (Wildman–Crippen LogP) is 2.88. The molecule has 4 nitrogen and oxygen atoms in total. The fraction of sp³-hybridized carbons (Fsp3) is 0.167. The molecule has 0 aliphatic rings. The molecule has 0 aliphatic heterocycles. The minimum atomic E-state index is -1.04. The van der Waals surface area contributed by atoms with Gasteiger partial charge in [0.1, 0.15) is 0 Å². The van der Waals surface area contributed by atoms with Crippen LogP contribution in [-0.2, 0) is 4.79 Å². The molecule has 0 bridgehead atoms. The van der Waals surface area contributed by atoms with Crippen LogP contribution in [-0.4, -0.2) is 22.5 Å². The average molecular weight is 254 g/mol. The molecule has 0 aromatic heterocycles. The third-order valence-corrected chi connectivity index (χ3v) is 2.60. The van der Waals surface area contributed by atoms with Gasteiger partial charge in [0.2, 0.25) is 0 Å². The Morgan fingerprint density at radius 3 is 2.47 bits per heavy atom. The summed E-state index contributed by atoms with van der Waals surface area (Å²) >= 11 is 6.06. The highest BCUT2D eigenvalue weighted by Crippen LogP contribution is 2.24. The minimum Gasteiger partial charge on any atom is -0.481 e. The summed E-state index contributed by atoms with van der Waals surface area (Å²) in [6.07, 6.45) is 0.743. The van der Waals surface area contributed by atoms with Crippen molar-refractivity contribution in [2.45, 2.75) is 13.3 Å². The van der Waals surface area contributed by atoms with E-state index in [1.54, 1.807) is 12.1 Å². The number of hydrogen-bond acceptors (Lipinski definition) is 3. The Balaban J connectivity index is 3.13. The van der Waals surface area contributed by atoms with Gasteiger partial charge in [-0.2, -0.15) is 0 Å². The summed E-state index contributed by atoms with van der Waals surface area (Å²) in [5.41, 5.74) is 2.02. The minimum absolute atomic E-state index is 0.255. The fourth-order valence-corrected chi connectivity index (χ4v) is 1.54. The lowest BCUT2D eigenvalue weighted by Gasteiger charge is -2.04. The van der Waals surface area contributed by atoms with Gasteiger partial charge >= 0.3 is 5.97 Å². The molecule has 0 saturated heterocycles. The van der Waals surface area contributed by atoms with Gasteiger partial charge < -0.3 is 10.3 Å². The van der Waals surface area contributed by atoms with Crippen LogP contribution in [0.5, 0.6) is 0 Å². The van der Waals surface area contributed by atoms with Crippen LogP contribution < -0.4 is 0 Å². The van der Waals surface area contributed by atoms with Crippen molar-refractivity contribution in [2.75, 3.05) is 0 Å². The standard InChI is InChI=1S/C12H12ClNO3/c1-8-2-4-9(5-3-8)12(13)10(7-14-17)6-11(15)16/h2-5,7,17H,6H2,1H3,(H,15,16)/b12-10+,14-7?. The third kappa shape index (κ3) is 3.92. The summed E-state index contributed by atoms with van der Waals surface area (Å²) in [5.74, 6) is -1.04. The SMILES string of the molecule is Cc1ccc(/C(Cl)=C(\C=NO)CC(=O)O)cc1. The van der Waals surface area contributed by atoms with E-state index in [0.29, 0.717) is 5.56 Å². The van der Waals surface area contributed by atoms with Crippen molar-refractivity contribution in [3.8, 4) is 0 Å². The lowest BCUT2D eigenvalue weighted by atomic mass is 10.1. The van der Waals surface area contributed by atoms with Crippen molar-refractivity contribution in [1.29, 1.82) is 0 Å². The van der Waals surface area contributed by atoms with Crippen molar-refractivity contribution in [3.63, 3.8) is 0 Å². The summed E-state index contributed by atoms with van der Waals surface area (Å²) in [7, 11) is 0. The second kappa shape index (κ2) is 6.06. The first-order chi connectivity index (χ1) is 8.04. The number of halogens is 1. The number of carbonyl (C=O) groups is 1. The van der Waals surface area contributed by atoms with E-state index in [-0.39, 0.29) is 17.0 Å². The van der Waals surface area contributed by atoms with E-state index in [9.17, 15) is 4.79 Å². The van der Waals surface area contributed by atoms with Gasteiger partial charge in [-0.15, -0.1) is 0 Å². The van der Waals surface area contributed by atoms with Crippen molar-refractivity contribution >= 4 is 28.8 Å². The molecule has 5 heteroatoms. The van der Waals surface area contributed by atoms with Crippen LogP contribution in [0, 0.1) is 6.92 Å². The molecule has 17 heavy (non-hydrogen) atoms. The monoisotopic (exact) mass is 253 g/mol. The van der Waals surface area contributed by atoms with Crippen LogP contribution in [0.15, 0.2) is 35.0 Å². The van der Waals surface area contributed by atoms with Gasteiger partial charge in [-0.05, 0) is 12.5 Å². The maximum atomic E-state index is 10.6. The van der Waals surface area contributed by atoms with E-state index in [1.807, 2.05) is 19.1 Å². The summed E-state index contributed by atoms with van der Waals surface area (Å²) in [6.45, 7) is 1.94. The molecule has 0 radical (unpaired) electrons. The lowest BCUT2D eigenvalue weighted by Crippen LogP contribution is -2.00. The van der Waals surface area contributed by atoms with Gasteiger partial charge in [-0.3, -0.25) is 4.79 Å². The molecule has 0 atom stereocenters. The average Bonchev–Trinajstić information content (AvgIpc) is 2.28. The Morgan fingerprint density at radius 2 is 2.00 bits per heavy atom. The highest BCUT2D eigenvalue weighted by atomic mass is 35.5. The first kappa shape index (κ1) is 13.3. The molecule has 0 amide bonds. The normalized spacial score (nSPS) is 12.6. The van der Waals surface area contributed by atoms with E-state index in [4.69, 9.17) is 21.9 Å². The van der Waals surface area contributed by atoms with Crippen molar-refractivity contribution in [2.24, 2.45) is 5.16 Å². The maximum Gasteiger partial charge on any atom is 0.307 e. The molecule has 1 aromatic carbocycles. The second-order valence-electron chi connectivity index (χ2n) is 3.52. The van der Waals surface area contributed by atoms with Crippen LogP contribution in [0.4, 0.5) is 0 Å². The zero-order valence-corrected chi connectivity index (χ0v) is 9.98. The summed E-state index contributed by atoms with van der Waals surface area (Å²) in [6, 6.07) is 7.30. The van der Waals surface area contributed by atoms with E-state index in [0.717, 1.165) is 11.8 Å². The van der Waals surface area contributed by atoms with Crippen LogP contribution >= 0.6 is 11.6 Å². The molecular formula is C12H12ClNO3. The highest BCUT2D eigenvalue weighted by molar-refractivity contribution is 6.50.